The molecule has 0 amide bonds. The molecule has 0 aliphatic carbocycles. The maximum absolute atomic E-state index is 13.5. The molecule has 0 bridgehead atoms. The summed E-state index contributed by atoms with van der Waals surface area (Å²) in [4.78, 5) is 0. The van der Waals surface area contributed by atoms with E-state index in [4.69, 9.17) is 4.65 Å². The van der Waals surface area contributed by atoms with Crippen molar-refractivity contribution in [1.82, 2.24) is 0 Å². The number of hydrogen-bond donors (Lipinski definition) is 1. The first kappa shape index (κ1) is 9.68. The van der Waals surface area contributed by atoms with Crippen LogP contribution < -0.4 is 5.46 Å². The highest BCUT2D eigenvalue weighted by molar-refractivity contribution is 6.61. The van der Waals surface area contributed by atoms with Crippen LogP contribution in [-0.4, -0.2) is 12.1 Å². The molecular formula is C10H12BFO2. The monoisotopic (exact) mass is 194 g/mol. The van der Waals surface area contributed by atoms with Crippen LogP contribution in [0.4, 0.5) is 4.39 Å². The fourth-order valence-corrected chi connectivity index (χ4v) is 1.71. The Balaban J connectivity index is 2.50. The smallest absolute Gasteiger partial charge is 0.423 e. The first-order valence-electron chi connectivity index (χ1n) is 4.71. The van der Waals surface area contributed by atoms with Crippen molar-refractivity contribution >= 4 is 12.6 Å². The molecule has 2 nitrogen and oxygen atoms in total. The Kier molecular flexibility index (Phi) is 2.33. The zero-order valence-electron chi connectivity index (χ0n) is 8.25. The summed E-state index contributed by atoms with van der Waals surface area (Å²) < 4.78 is 18.5. The van der Waals surface area contributed by atoms with Crippen LogP contribution >= 0.6 is 0 Å². The van der Waals surface area contributed by atoms with Gasteiger partial charge in [0.05, 0.1) is 6.61 Å². The van der Waals surface area contributed by atoms with Gasteiger partial charge in [-0.2, -0.15) is 0 Å². The lowest BCUT2D eigenvalue weighted by atomic mass is 9.78. The molecule has 0 saturated carbocycles. The van der Waals surface area contributed by atoms with Crippen LogP contribution in [0.5, 0.6) is 0 Å². The highest BCUT2D eigenvalue weighted by Crippen LogP contribution is 2.21. The van der Waals surface area contributed by atoms with E-state index >= 15 is 0 Å². The molecule has 0 unspecified atom stereocenters. The normalized spacial score (nSPS) is 15.1. The molecule has 1 aromatic carbocycles. The van der Waals surface area contributed by atoms with Crippen molar-refractivity contribution in [2.45, 2.75) is 26.4 Å². The summed E-state index contributed by atoms with van der Waals surface area (Å²) in [6.07, 6.45) is 0. The van der Waals surface area contributed by atoms with Crippen LogP contribution in [0.1, 0.15) is 30.9 Å². The number of rotatable bonds is 1. The Hall–Kier alpha value is -0.865. The lowest BCUT2D eigenvalue weighted by Crippen LogP contribution is -2.28. The molecule has 1 aliphatic heterocycles. The molecule has 4 heteroatoms. The standard InChI is InChI=1S/C10H12BFO2/c1-6(2)8-3-7-5-14-11(13)9(7)4-10(8)12/h3-4,6,13H,5H2,1-2H3. The second kappa shape index (κ2) is 3.37. The minimum atomic E-state index is -0.958. The molecule has 1 N–H and O–H groups in total. The van der Waals surface area contributed by atoms with Gasteiger partial charge < -0.3 is 9.68 Å². The molecule has 0 fully saturated rings. The van der Waals surface area contributed by atoms with Crippen molar-refractivity contribution in [3.63, 3.8) is 0 Å². The average molecular weight is 194 g/mol. The van der Waals surface area contributed by atoms with E-state index in [1.807, 2.05) is 13.8 Å². The minimum Gasteiger partial charge on any atom is -0.423 e. The van der Waals surface area contributed by atoms with Gasteiger partial charge in [0.1, 0.15) is 5.82 Å². The molecule has 1 aliphatic rings. The molecule has 1 heterocycles. The van der Waals surface area contributed by atoms with Crippen molar-refractivity contribution in [2.24, 2.45) is 0 Å². The number of benzene rings is 1. The van der Waals surface area contributed by atoms with Crippen molar-refractivity contribution in [1.29, 1.82) is 0 Å². The van der Waals surface area contributed by atoms with Crippen molar-refractivity contribution in [3.05, 3.63) is 29.1 Å². The molecule has 0 radical (unpaired) electrons. The van der Waals surface area contributed by atoms with Crippen molar-refractivity contribution in [3.8, 4) is 0 Å². The van der Waals surface area contributed by atoms with E-state index in [1.165, 1.54) is 6.07 Å². The van der Waals surface area contributed by atoms with Crippen LogP contribution in [0.25, 0.3) is 0 Å². The summed E-state index contributed by atoms with van der Waals surface area (Å²) in [6, 6.07) is 3.16. The summed E-state index contributed by atoms with van der Waals surface area (Å²) in [5.41, 5.74) is 2.14. The third-order valence-corrected chi connectivity index (χ3v) is 2.54. The Labute approximate surface area is 82.9 Å². The van der Waals surface area contributed by atoms with Gasteiger partial charge in [0, 0.05) is 0 Å². The van der Waals surface area contributed by atoms with E-state index < -0.39 is 7.12 Å². The largest absolute Gasteiger partial charge is 0.491 e. The summed E-state index contributed by atoms with van der Waals surface area (Å²) in [7, 11) is -0.958. The van der Waals surface area contributed by atoms with Gasteiger partial charge in [-0.25, -0.2) is 4.39 Å². The lowest BCUT2D eigenvalue weighted by Gasteiger charge is -2.09. The molecule has 0 aromatic heterocycles. The van der Waals surface area contributed by atoms with Gasteiger partial charge in [0.2, 0.25) is 0 Å². The van der Waals surface area contributed by atoms with Crippen LogP contribution in [0.15, 0.2) is 12.1 Å². The summed E-state index contributed by atoms with van der Waals surface area (Å²) in [5.74, 6) is -0.110. The molecule has 14 heavy (non-hydrogen) atoms. The molecular weight excluding hydrogens is 182 g/mol. The van der Waals surface area contributed by atoms with Gasteiger partial charge in [-0.05, 0) is 28.6 Å². The molecule has 0 spiro atoms. The quantitative estimate of drug-likeness (QED) is 0.680. The van der Waals surface area contributed by atoms with E-state index in [0.29, 0.717) is 17.6 Å². The second-order valence-corrected chi connectivity index (χ2v) is 3.89. The van der Waals surface area contributed by atoms with Crippen LogP contribution in [-0.2, 0) is 11.3 Å². The first-order valence-corrected chi connectivity index (χ1v) is 4.71. The fourth-order valence-electron chi connectivity index (χ4n) is 1.71. The van der Waals surface area contributed by atoms with Crippen molar-refractivity contribution < 1.29 is 14.1 Å². The molecule has 0 saturated heterocycles. The van der Waals surface area contributed by atoms with Gasteiger partial charge in [0.15, 0.2) is 0 Å². The highest BCUT2D eigenvalue weighted by Gasteiger charge is 2.28. The molecule has 2 rings (SSSR count). The third kappa shape index (κ3) is 1.44. The Morgan fingerprint density at radius 2 is 2.21 bits per heavy atom. The van der Waals surface area contributed by atoms with E-state index in [1.54, 1.807) is 6.07 Å². The van der Waals surface area contributed by atoms with Gasteiger partial charge >= 0.3 is 7.12 Å². The van der Waals surface area contributed by atoms with Gasteiger partial charge in [-0.3, -0.25) is 0 Å². The molecule has 74 valence electrons. The minimum absolute atomic E-state index is 0.151. The van der Waals surface area contributed by atoms with Crippen LogP contribution in [0.3, 0.4) is 0 Å². The fraction of sp³-hybridized carbons (Fsp3) is 0.400. The maximum Gasteiger partial charge on any atom is 0.491 e. The van der Waals surface area contributed by atoms with Crippen molar-refractivity contribution in [2.75, 3.05) is 0 Å². The van der Waals surface area contributed by atoms with Gasteiger partial charge in [-0.1, -0.05) is 19.9 Å². The number of halogens is 1. The molecule has 0 atom stereocenters. The second-order valence-electron chi connectivity index (χ2n) is 3.89. The van der Waals surface area contributed by atoms with Crippen LogP contribution in [0, 0.1) is 5.82 Å². The highest BCUT2D eigenvalue weighted by atomic mass is 19.1. The van der Waals surface area contributed by atoms with E-state index in [-0.39, 0.29) is 11.7 Å². The first-order chi connectivity index (χ1) is 6.59. The Morgan fingerprint density at radius 1 is 1.50 bits per heavy atom. The average Bonchev–Trinajstić information content (AvgIpc) is 2.46. The summed E-state index contributed by atoms with van der Waals surface area (Å²) in [6.45, 7) is 4.25. The SMILES string of the molecule is CC(C)c1cc2c(cc1F)B(O)OC2. The topological polar surface area (TPSA) is 29.5 Å². The summed E-state index contributed by atoms with van der Waals surface area (Å²) >= 11 is 0. The third-order valence-electron chi connectivity index (χ3n) is 2.54. The predicted molar refractivity (Wildman–Crippen MR) is 52.9 cm³/mol. The van der Waals surface area contributed by atoms with E-state index in [0.717, 1.165) is 5.56 Å². The van der Waals surface area contributed by atoms with E-state index in [9.17, 15) is 9.41 Å². The number of hydrogen-bond acceptors (Lipinski definition) is 2. The van der Waals surface area contributed by atoms with E-state index in [2.05, 4.69) is 0 Å². The summed E-state index contributed by atoms with van der Waals surface area (Å²) in [5, 5.41) is 9.35. The molecule has 1 aromatic rings. The van der Waals surface area contributed by atoms with Crippen LogP contribution in [0.2, 0.25) is 0 Å². The van der Waals surface area contributed by atoms with Gasteiger partial charge in [0.25, 0.3) is 0 Å². The lowest BCUT2D eigenvalue weighted by molar-refractivity contribution is 0.275. The zero-order valence-corrected chi connectivity index (χ0v) is 8.25. The van der Waals surface area contributed by atoms with Gasteiger partial charge in [-0.15, -0.1) is 0 Å². The number of fused-ring (bicyclic) bond motifs is 1. The Bertz CT molecular complexity index is 365. The Morgan fingerprint density at radius 3 is 2.86 bits per heavy atom. The predicted octanol–water partition coefficient (Wildman–Crippen LogP) is 1.17. The zero-order chi connectivity index (χ0) is 10.3. The maximum atomic E-state index is 13.5.